The minimum absolute atomic E-state index is 0.810. The van der Waals surface area contributed by atoms with Crippen LogP contribution in [0.15, 0.2) is 11.6 Å². The van der Waals surface area contributed by atoms with Gasteiger partial charge in [0.05, 0.1) is 0 Å². The summed E-state index contributed by atoms with van der Waals surface area (Å²) in [6.45, 7) is 12.8. The highest BCUT2D eigenvalue weighted by molar-refractivity contribution is 4.92. The summed E-state index contributed by atoms with van der Waals surface area (Å²) >= 11 is 0. The van der Waals surface area contributed by atoms with Gasteiger partial charge in [0, 0.05) is 0 Å². The van der Waals surface area contributed by atoms with Gasteiger partial charge in [-0.25, -0.2) is 0 Å². The highest BCUT2D eigenvalue weighted by atomic mass is 13.9. The molecule has 0 aromatic rings. The van der Waals surface area contributed by atoms with Gasteiger partial charge < -0.3 is 0 Å². The first-order valence-electron chi connectivity index (χ1n) is 4.26. The van der Waals surface area contributed by atoms with Crippen LogP contribution < -0.4 is 0 Å². The molecule has 10 heavy (non-hydrogen) atoms. The van der Waals surface area contributed by atoms with E-state index < -0.39 is 0 Å². The molecule has 0 aliphatic rings. The molecule has 0 spiro atoms. The van der Waals surface area contributed by atoms with Gasteiger partial charge in [-0.3, -0.25) is 0 Å². The average Bonchev–Trinajstić information content (AvgIpc) is 1.89. The molecule has 0 heterocycles. The topological polar surface area (TPSA) is 0 Å². The maximum absolute atomic E-state index is 2.28. The molecule has 0 aliphatic carbocycles. The van der Waals surface area contributed by atoms with Gasteiger partial charge in [-0.05, 0) is 26.2 Å². The summed E-state index contributed by atoms with van der Waals surface area (Å²) in [6.07, 6.45) is 3.51. The molecule has 0 saturated carbocycles. The van der Waals surface area contributed by atoms with Gasteiger partial charge in [-0.2, -0.15) is 0 Å². The average molecular weight is 142 g/mol. The van der Waals surface area contributed by atoms with Gasteiger partial charge in [-0.1, -0.05) is 39.3 Å². The van der Waals surface area contributed by atoms with E-state index in [1.165, 1.54) is 12.0 Å². The van der Waals surface area contributed by atoms with E-state index in [4.69, 9.17) is 0 Å². The summed E-state index contributed by atoms with van der Waals surface area (Å²) in [5.41, 5.74) is 1.43. The summed E-state index contributed by atoms with van der Waals surface area (Å²) in [5.74, 6) is 0.810. The molecular formula is C10H22. The molecule has 0 radical (unpaired) electrons. The zero-order valence-corrected chi connectivity index (χ0v) is 8.36. The Hall–Kier alpha value is -0.260. The highest BCUT2D eigenvalue weighted by Crippen LogP contribution is 2.02. The van der Waals surface area contributed by atoms with Crippen molar-refractivity contribution in [3.05, 3.63) is 11.6 Å². The van der Waals surface area contributed by atoms with Crippen molar-refractivity contribution >= 4 is 0 Å². The van der Waals surface area contributed by atoms with E-state index in [9.17, 15) is 0 Å². The molecule has 0 N–H and O–H groups in total. The molecular weight excluding hydrogens is 120 g/mol. The fourth-order valence-electron chi connectivity index (χ4n) is 0.471. The summed E-state index contributed by atoms with van der Waals surface area (Å²) in [5, 5.41) is 0. The molecule has 0 aromatic heterocycles. The molecule has 0 nitrogen and oxygen atoms in total. The fraction of sp³-hybridized carbons (Fsp3) is 0.800. The first kappa shape index (κ1) is 12.4. The summed E-state index contributed by atoms with van der Waals surface area (Å²) in [4.78, 5) is 0. The lowest BCUT2D eigenvalue weighted by atomic mass is 10.1. The second-order valence-electron chi connectivity index (χ2n) is 2.91. The molecule has 0 rings (SSSR count). The summed E-state index contributed by atoms with van der Waals surface area (Å²) < 4.78 is 0. The SMILES string of the molecule is CC.CC(C)=CCC(C)C. The Morgan fingerprint density at radius 2 is 1.60 bits per heavy atom. The minimum Gasteiger partial charge on any atom is -0.0856 e. The van der Waals surface area contributed by atoms with Crippen LogP contribution in [0.25, 0.3) is 0 Å². The monoisotopic (exact) mass is 142 g/mol. The van der Waals surface area contributed by atoms with Gasteiger partial charge in [0.2, 0.25) is 0 Å². The Morgan fingerprint density at radius 1 is 1.20 bits per heavy atom. The Morgan fingerprint density at radius 3 is 1.70 bits per heavy atom. The van der Waals surface area contributed by atoms with E-state index in [-0.39, 0.29) is 0 Å². The van der Waals surface area contributed by atoms with Crippen molar-refractivity contribution in [2.24, 2.45) is 5.92 Å². The van der Waals surface area contributed by atoms with Crippen LogP contribution in [0.1, 0.15) is 48.0 Å². The second-order valence-corrected chi connectivity index (χ2v) is 2.91. The molecule has 62 valence electrons. The Balaban J connectivity index is 0. The Labute approximate surface area is 66.3 Å². The van der Waals surface area contributed by atoms with Crippen molar-refractivity contribution in [2.45, 2.75) is 48.0 Å². The van der Waals surface area contributed by atoms with E-state index in [1.54, 1.807) is 0 Å². The lowest BCUT2D eigenvalue weighted by Gasteiger charge is -1.96. The van der Waals surface area contributed by atoms with E-state index in [0.717, 1.165) is 5.92 Å². The van der Waals surface area contributed by atoms with E-state index in [0.29, 0.717) is 0 Å². The minimum atomic E-state index is 0.810. The third-order valence-corrected chi connectivity index (χ3v) is 0.998. The normalized spacial score (nSPS) is 8.30. The van der Waals surface area contributed by atoms with Crippen molar-refractivity contribution < 1.29 is 0 Å². The van der Waals surface area contributed by atoms with Crippen LogP contribution in [0.2, 0.25) is 0 Å². The molecule has 0 saturated heterocycles. The molecule has 0 aliphatic heterocycles. The standard InChI is InChI=1S/C8H16.C2H6/c1-7(2)5-6-8(3)4;1-2/h5,8H,6H2,1-4H3;1-2H3. The first-order valence-corrected chi connectivity index (χ1v) is 4.26. The zero-order valence-electron chi connectivity index (χ0n) is 8.36. The van der Waals surface area contributed by atoms with Crippen LogP contribution in [-0.2, 0) is 0 Å². The van der Waals surface area contributed by atoms with Gasteiger partial charge in [0.1, 0.15) is 0 Å². The quantitative estimate of drug-likeness (QED) is 0.511. The number of hydrogen-bond acceptors (Lipinski definition) is 0. The number of allylic oxidation sites excluding steroid dienone is 2. The van der Waals surface area contributed by atoms with Crippen molar-refractivity contribution in [3.8, 4) is 0 Å². The van der Waals surface area contributed by atoms with Crippen LogP contribution >= 0.6 is 0 Å². The van der Waals surface area contributed by atoms with Gasteiger partial charge in [-0.15, -0.1) is 0 Å². The summed E-state index contributed by atoms with van der Waals surface area (Å²) in [7, 11) is 0. The maximum Gasteiger partial charge on any atom is -0.0325 e. The van der Waals surface area contributed by atoms with E-state index in [2.05, 4.69) is 33.8 Å². The molecule has 0 heteroatoms. The lowest BCUT2D eigenvalue weighted by molar-refractivity contribution is 0.661. The van der Waals surface area contributed by atoms with Crippen molar-refractivity contribution in [3.63, 3.8) is 0 Å². The van der Waals surface area contributed by atoms with Crippen molar-refractivity contribution in [1.82, 2.24) is 0 Å². The van der Waals surface area contributed by atoms with Gasteiger partial charge in [0.25, 0.3) is 0 Å². The van der Waals surface area contributed by atoms with Crippen LogP contribution in [-0.4, -0.2) is 0 Å². The largest absolute Gasteiger partial charge is 0.0856 e. The van der Waals surface area contributed by atoms with Crippen molar-refractivity contribution in [2.75, 3.05) is 0 Å². The molecule has 0 amide bonds. The lowest BCUT2D eigenvalue weighted by Crippen LogP contribution is -1.81. The van der Waals surface area contributed by atoms with E-state index >= 15 is 0 Å². The van der Waals surface area contributed by atoms with Crippen LogP contribution in [0.3, 0.4) is 0 Å². The predicted octanol–water partition coefficient (Wildman–Crippen LogP) is 4.02. The Kier molecular flexibility index (Phi) is 10.9. The second kappa shape index (κ2) is 8.74. The molecule has 0 aromatic carbocycles. The van der Waals surface area contributed by atoms with Crippen LogP contribution in [0.5, 0.6) is 0 Å². The zero-order chi connectivity index (χ0) is 8.57. The van der Waals surface area contributed by atoms with Gasteiger partial charge >= 0.3 is 0 Å². The van der Waals surface area contributed by atoms with Crippen LogP contribution in [0, 0.1) is 5.92 Å². The smallest absolute Gasteiger partial charge is 0.0325 e. The maximum atomic E-state index is 2.28. The van der Waals surface area contributed by atoms with Crippen LogP contribution in [0.4, 0.5) is 0 Å². The number of hydrogen-bond donors (Lipinski definition) is 0. The molecule has 0 atom stereocenters. The first-order chi connectivity index (χ1) is 4.63. The highest BCUT2D eigenvalue weighted by Gasteiger charge is 1.86. The molecule has 0 unspecified atom stereocenters. The third kappa shape index (κ3) is 15.6. The summed E-state index contributed by atoms with van der Waals surface area (Å²) in [6, 6.07) is 0. The van der Waals surface area contributed by atoms with E-state index in [1.807, 2.05) is 13.8 Å². The molecule has 0 bridgehead atoms. The third-order valence-electron chi connectivity index (χ3n) is 0.998. The van der Waals surface area contributed by atoms with Gasteiger partial charge in [0.15, 0.2) is 0 Å². The van der Waals surface area contributed by atoms with Crippen molar-refractivity contribution in [1.29, 1.82) is 0 Å². The Bertz CT molecular complexity index is 74.0. The number of rotatable bonds is 2. The molecule has 0 fully saturated rings. The fourth-order valence-corrected chi connectivity index (χ4v) is 0.471. The predicted molar refractivity (Wildman–Crippen MR) is 50.2 cm³/mol.